The van der Waals surface area contributed by atoms with Crippen molar-refractivity contribution in [3.63, 3.8) is 0 Å². The van der Waals surface area contributed by atoms with Gasteiger partial charge < -0.3 is 10.0 Å². The maximum absolute atomic E-state index is 11.9. The molecule has 7 heteroatoms. The normalized spacial score (nSPS) is 21.1. The fourth-order valence-corrected chi connectivity index (χ4v) is 2.46. The van der Waals surface area contributed by atoms with Gasteiger partial charge in [0.2, 0.25) is 0 Å². The number of nitriles is 1. The molecule has 0 spiro atoms. The average molecular weight is 300 g/mol. The number of carbonyl (C=O) groups excluding carboxylic acids is 1. The molecular weight excluding hydrogens is 284 g/mol. The fraction of sp³-hybridized carbons (Fsp3) is 0.333. The number of hydrogen-bond acceptors (Lipinski definition) is 4. The van der Waals surface area contributed by atoms with Gasteiger partial charge in [0.15, 0.2) is 0 Å². The van der Waals surface area contributed by atoms with Gasteiger partial charge in [-0.3, -0.25) is 0 Å². The number of hydrogen-bond donors (Lipinski definition) is 1. The topological polar surface area (TPSA) is 97.0 Å². The molecule has 3 amide bonds. The molecule has 7 nitrogen and oxygen atoms in total. The number of imide groups is 1. The number of rotatable bonds is 2. The zero-order valence-corrected chi connectivity index (χ0v) is 12.5. The summed E-state index contributed by atoms with van der Waals surface area (Å²) in [6, 6.07) is 7.41. The first-order chi connectivity index (χ1) is 10.4. The van der Waals surface area contributed by atoms with E-state index in [1.807, 2.05) is 25.1 Å². The number of carbonyl (C=O) groups is 2. The molecule has 1 aliphatic heterocycles. The van der Waals surface area contributed by atoms with Gasteiger partial charge in [-0.05, 0) is 24.6 Å². The maximum Gasteiger partial charge on any atom is 0.416 e. The summed E-state index contributed by atoms with van der Waals surface area (Å²) >= 11 is 0. The van der Waals surface area contributed by atoms with Gasteiger partial charge in [-0.25, -0.2) is 19.5 Å². The first-order valence-electron chi connectivity index (χ1n) is 6.65. The second-order valence-corrected chi connectivity index (χ2v) is 5.23. The van der Waals surface area contributed by atoms with Gasteiger partial charge in [-0.15, -0.1) is 0 Å². The number of urea groups is 1. The summed E-state index contributed by atoms with van der Waals surface area (Å²) in [6.07, 6.45) is -1.42. The molecule has 1 aromatic carbocycles. The molecule has 114 valence electrons. The Hall–Kier alpha value is -2.88. The monoisotopic (exact) mass is 300 g/mol. The van der Waals surface area contributed by atoms with Gasteiger partial charge in [-0.2, -0.15) is 5.26 Å². The highest BCUT2D eigenvalue weighted by Crippen LogP contribution is 2.35. The van der Waals surface area contributed by atoms with Gasteiger partial charge in [-0.1, -0.05) is 12.1 Å². The maximum atomic E-state index is 11.9. The molecule has 0 bridgehead atoms. The van der Waals surface area contributed by atoms with E-state index in [9.17, 15) is 20.0 Å². The molecule has 2 rings (SSSR count). The number of carboxylic acid groups (broad SMARTS) is 1. The second kappa shape index (κ2) is 5.85. The van der Waals surface area contributed by atoms with Crippen LogP contribution in [0, 0.1) is 17.2 Å². The van der Waals surface area contributed by atoms with Crippen LogP contribution in [0.5, 0.6) is 0 Å². The third-order valence-electron chi connectivity index (χ3n) is 3.60. The fourth-order valence-electron chi connectivity index (χ4n) is 2.46. The molecular formula is C15H16N4O3. The third-order valence-corrected chi connectivity index (χ3v) is 3.60. The van der Waals surface area contributed by atoms with Gasteiger partial charge in [0.05, 0.1) is 12.1 Å². The van der Waals surface area contributed by atoms with Crippen molar-refractivity contribution in [2.24, 2.45) is 10.9 Å². The summed E-state index contributed by atoms with van der Waals surface area (Å²) in [5.41, 5.74) is 1.76. The van der Waals surface area contributed by atoms with Crippen LogP contribution in [0.15, 0.2) is 29.3 Å². The number of aliphatic imine (C=N–C) groups is 1. The zero-order valence-electron chi connectivity index (χ0n) is 12.5. The number of amides is 3. The van der Waals surface area contributed by atoms with Crippen LogP contribution in [0.3, 0.4) is 0 Å². The van der Waals surface area contributed by atoms with Crippen LogP contribution in [0.4, 0.5) is 15.3 Å². The van der Waals surface area contributed by atoms with Crippen molar-refractivity contribution >= 4 is 23.5 Å². The van der Waals surface area contributed by atoms with Crippen LogP contribution in [0.1, 0.15) is 18.5 Å². The summed E-state index contributed by atoms with van der Waals surface area (Å²) in [5, 5.41) is 18.7. The highest BCUT2D eigenvalue weighted by molar-refractivity contribution is 6.04. The summed E-state index contributed by atoms with van der Waals surface area (Å²) in [4.78, 5) is 29.5. The Morgan fingerprint density at radius 2 is 2.14 bits per heavy atom. The van der Waals surface area contributed by atoms with Crippen molar-refractivity contribution in [2.45, 2.75) is 13.0 Å². The summed E-state index contributed by atoms with van der Waals surface area (Å²) in [5.74, 6) is -0.800. The Bertz CT molecular complexity index is 690. The Morgan fingerprint density at radius 3 is 2.68 bits per heavy atom. The molecule has 0 saturated heterocycles. The number of benzene rings is 1. The SMILES string of the molecule is CC1=NC(=O)N(C(=O)O)C(c2cccc(N(C)C)c2)C1C#N. The standard InChI is InChI=1S/C15H16N4O3/c1-9-12(8-16)13(19(15(21)22)14(20)17-9)10-5-4-6-11(7-10)18(2)3/h4-7,12-13H,1-3H3,(H,21,22). The van der Waals surface area contributed by atoms with E-state index in [0.717, 1.165) is 5.69 Å². The molecule has 1 heterocycles. The van der Waals surface area contributed by atoms with Crippen LogP contribution in [-0.2, 0) is 0 Å². The van der Waals surface area contributed by atoms with E-state index < -0.39 is 24.1 Å². The molecule has 22 heavy (non-hydrogen) atoms. The number of nitrogens with zero attached hydrogens (tertiary/aromatic N) is 4. The molecule has 0 aromatic heterocycles. The van der Waals surface area contributed by atoms with Crippen LogP contribution in [0.25, 0.3) is 0 Å². The zero-order chi connectivity index (χ0) is 16.4. The Labute approximate surface area is 128 Å². The van der Waals surface area contributed by atoms with Crippen LogP contribution in [0.2, 0.25) is 0 Å². The highest BCUT2D eigenvalue weighted by Gasteiger charge is 2.42. The predicted octanol–water partition coefficient (Wildman–Crippen LogP) is 2.51. The van der Waals surface area contributed by atoms with Crippen LogP contribution >= 0.6 is 0 Å². The Kier molecular flexibility index (Phi) is 4.13. The van der Waals surface area contributed by atoms with E-state index in [1.54, 1.807) is 25.1 Å². The molecule has 2 unspecified atom stereocenters. The van der Waals surface area contributed by atoms with Crippen LogP contribution in [-0.4, -0.2) is 41.9 Å². The molecule has 1 aromatic rings. The highest BCUT2D eigenvalue weighted by atomic mass is 16.4. The third kappa shape index (κ3) is 2.63. The smallest absolute Gasteiger partial charge is 0.416 e. The summed E-state index contributed by atoms with van der Waals surface area (Å²) in [6.45, 7) is 1.56. The Balaban J connectivity index is 2.59. The lowest BCUT2D eigenvalue weighted by Gasteiger charge is -2.33. The largest absolute Gasteiger partial charge is 0.465 e. The van der Waals surface area contributed by atoms with Crippen molar-refractivity contribution in [1.82, 2.24) is 4.90 Å². The molecule has 0 fully saturated rings. The minimum Gasteiger partial charge on any atom is -0.465 e. The van der Waals surface area contributed by atoms with E-state index in [4.69, 9.17) is 0 Å². The molecule has 1 aliphatic rings. The molecule has 0 saturated carbocycles. The van der Waals surface area contributed by atoms with Gasteiger partial charge in [0.25, 0.3) is 0 Å². The molecule has 1 N–H and O–H groups in total. The van der Waals surface area contributed by atoms with Gasteiger partial charge in [0.1, 0.15) is 5.92 Å². The van der Waals surface area contributed by atoms with Crippen molar-refractivity contribution in [2.75, 3.05) is 19.0 Å². The van der Waals surface area contributed by atoms with Crippen LogP contribution < -0.4 is 4.90 Å². The first-order valence-corrected chi connectivity index (χ1v) is 6.65. The molecule has 0 radical (unpaired) electrons. The van der Waals surface area contributed by atoms with E-state index in [2.05, 4.69) is 11.1 Å². The summed E-state index contributed by atoms with van der Waals surface area (Å²) in [7, 11) is 3.71. The lowest BCUT2D eigenvalue weighted by Crippen LogP contribution is -2.46. The molecule has 0 aliphatic carbocycles. The molecule has 2 atom stereocenters. The van der Waals surface area contributed by atoms with Crippen molar-refractivity contribution < 1.29 is 14.7 Å². The van der Waals surface area contributed by atoms with Crippen molar-refractivity contribution in [3.05, 3.63) is 29.8 Å². The van der Waals surface area contributed by atoms with Crippen molar-refractivity contribution in [3.8, 4) is 6.07 Å². The van der Waals surface area contributed by atoms with E-state index in [1.165, 1.54) is 0 Å². The minimum atomic E-state index is -1.42. The van der Waals surface area contributed by atoms with Gasteiger partial charge >= 0.3 is 12.1 Å². The van der Waals surface area contributed by atoms with E-state index in [0.29, 0.717) is 16.2 Å². The van der Waals surface area contributed by atoms with E-state index >= 15 is 0 Å². The minimum absolute atomic E-state index is 0.324. The lowest BCUT2D eigenvalue weighted by molar-refractivity contribution is 0.129. The second-order valence-electron chi connectivity index (χ2n) is 5.23. The van der Waals surface area contributed by atoms with Gasteiger partial charge in [0, 0.05) is 25.5 Å². The number of anilines is 1. The average Bonchev–Trinajstić information content (AvgIpc) is 2.46. The van der Waals surface area contributed by atoms with E-state index in [-0.39, 0.29) is 0 Å². The first kappa shape index (κ1) is 15.5. The predicted molar refractivity (Wildman–Crippen MR) is 81.0 cm³/mol. The summed E-state index contributed by atoms with van der Waals surface area (Å²) < 4.78 is 0. The Morgan fingerprint density at radius 1 is 1.45 bits per heavy atom. The van der Waals surface area contributed by atoms with Crippen molar-refractivity contribution in [1.29, 1.82) is 5.26 Å². The quantitative estimate of drug-likeness (QED) is 0.905. The lowest BCUT2D eigenvalue weighted by atomic mass is 9.88.